The van der Waals surface area contributed by atoms with Crippen LogP contribution in [0.25, 0.3) is 11.0 Å². The zero-order valence-corrected chi connectivity index (χ0v) is 9.79. The van der Waals surface area contributed by atoms with Gasteiger partial charge in [0.15, 0.2) is 5.58 Å². The fourth-order valence-electron chi connectivity index (χ4n) is 1.71. The fourth-order valence-corrected chi connectivity index (χ4v) is 1.71. The van der Waals surface area contributed by atoms with Crippen molar-refractivity contribution < 1.29 is 4.52 Å². The van der Waals surface area contributed by atoms with Crippen LogP contribution in [0, 0.1) is 0 Å². The molecule has 15 heavy (non-hydrogen) atoms. The van der Waals surface area contributed by atoms with Crippen molar-refractivity contribution in [1.82, 2.24) is 5.16 Å². The molecule has 0 aliphatic rings. The summed E-state index contributed by atoms with van der Waals surface area (Å²) in [4.78, 5) is 0. The standard InChI is InChI=1S/C13H17NO/c1-5-11-10-7-6-9(13(2,3)4)8-12(10)15-14-11/h6-8H,5H2,1-4H3. The summed E-state index contributed by atoms with van der Waals surface area (Å²) in [5, 5.41) is 5.21. The van der Waals surface area contributed by atoms with Gasteiger partial charge in [-0.3, -0.25) is 0 Å². The second kappa shape index (κ2) is 3.37. The Morgan fingerprint density at radius 2 is 2.00 bits per heavy atom. The van der Waals surface area contributed by atoms with E-state index in [1.54, 1.807) is 0 Å². The van der Waals surface area contributed by atoms with E-state index in [9.17, 15) is 0 Å². The molecule has 0 amide bonds. The van der Waals surface area contributed by atoms with E-state index in [4.69, 9.17) is 4.52 Å². The predicted molar refractivity (Wildman–Crippen MR) is 62.1 cm³/mol. The summed E-state index contributed by atoms with van der Waals surface area (Å²) >= 11 is 0. The Morgan fingerprint density at radius 1 is 1.27 bits per heavy atom. The van der Waals surface area contributed by atoms with Crippen molar-refractivity contribution in [2.24, 2.45) is 0 Å². The molecule has 2 nitrogen and oxygen atoms in total. The van der Waals surface area contributed by atoms with E-state index < -0.39 is 0 Å². The molecule has 1 heterocycles. The third-order valence-corrected chi connectivity index (χ3v) is 2.75. The molecule has 0 aliphatic carbocycles. The average Bonchev–Trinajstić information content (AvgIpc) is 2.58. The van der Waals surface area contributed by atoms with Gasteiger partial charge in [0, 0.05) is 5.39 Å². The normalized spacial score (nSPS) is 12.3. The molecule has 2 aromatic rings. The Balaban J connectivity index is 2.58. The van der Waals surface area contributed by atoms with Crippen LogP contribution in [0.5, 0.6) is 0 Å². The maximum atomic E-state index is 5.33. The summed E-state index contributed by atoms with van der Waals surface area (Å²) in [6.45, 7) is 8.69. The summed E-state index contributed by atoms with van der Waals surface area (Å²) in [5.74, 6) is 0. The minimum atomic E-state index is 0.160. The number of fused-ring (bicyclic) bond motifs is 1. The van der Waals surface area contributed by atoms with E-state index in [0.717, 1.165) is 23.1 Å². The number of hydrogen-bond acceptors (Lipinski definition) is 2. The molecule has 2 heteroatoms. The molecule has 0 unspecified atom stereocenters. The molecule has 0 fully saturated rings. The molecule has 0 saturated heterocycles. The highest BCUT2D eigenvalue weighted by Crippen LogP contribution is 2.27. The number of rotatable bonds is 1. The van der Waals surface area contributed by atoms with Gasteiger partial charge in [0.05, 0.1) is 5.69 Å². The zero-order valence-electron chi connectivity index (χ0n) is 9.79. The SMILES string of the molecule is CCc1noc2cc(C(C)(C)C)ccc12. The molecule has 0 atom stereocenters. The van der Waals surface area contributed by atoms with Crippen LogP contribution in [0.1, 0.15) is 39.0 Å². The molecular weight excluding hydrogens is 186 g/mol. The minimum Gasteiger partial charge on any atom is -0.356 e. The number of nitrogens with zero attached hydrogens (tertiary/aromatic N) is 1. The van der Waals surface area contributed by atoms with Crippen LogP contribution < -0.4 is 0 Å². The van der Waals surface area contributed by atoms with E-state index in [0.29, 0.717) is 0 Å². The molecule has 0 aliphatic heterocycles. The molecule has 1 aromatic heterocycles. The van der Waals surface area contributed by atoms with Gasteiger partial charge in [-0.05, 0) is 29.5 Å². The summed E-state index contributed by atoms with van der Waals surface area (Å²) in [6.07, 6.45) is 0.919. The van der Waals surface area contributed by atoms with Crippen molar-refractivity contribution >= 4 is 11.0 Å². The first-order valence-electron chi connectivity index (χ1n) is 5.41. The van der Waals surface area contributed by atoms with Crippen LogP contribution in [0.2, 0.25) is 0 Å². The molecule has 0 saturated carbocycles. The number of benzene rings is 1. The Labute approximate surface area is 90.3 Å². The highest BCUT2D eigenvalue weighted by atomic mass is 16.5. The number of aromatic nitrogens is 1. The maximum absolute atomic E-state index is 5.33. The Morgan fingerprint density at radius 3 is 2.60 bits per heavy atom. The third kappa shape index (κ3) is 1.76. The zero-order chi connectivity index (χ0) is 11.1. The summed E-state index contributed by atoms with van der Waals surface area (Å²) in [5.41, 5.74) is 3.39. The second-order valence-corrected chi connectivity index (χ2v) is 4.94. The van der Waals surface area contributed by atoms with Gasteiger partial charge in [-0.25, -0.2) is 0 Å². The van der Waals surface area contributed by atoms with Crippen molar-refractivity contribution in [2.75, 3.05) is 0 Å². The first-order chi connectivity index (χ1) is 7.02. The highest BCUT2D eigenvalue weighted by molar-refractivity contribution is 5.80. The first kappa shape index (κ1) is 10.2. The molecule has 1 aromatic carbocycles. The minimum absolute atomic E-state index is 0.160. The van der Waals surface area contributed by atoms with Crippen molar-refractivity contribution in [2.45, 2.75) is 39.5 Å². The first-order valence-corrected chi connectivity index (χ1v) is 5.41. The van der Waals surface area contributed by atoms with E-state index in [1.165, 1.54) is 5.56 Å². The Hall–Kier alpha value is -1.31. The van der Waals surface area contributed by atoms with Crippen LogP contribution in [-0.2, 0) is 11.8 Å². The van der Waals surface area contributed by atoms with Crippen LogP contribution in [0.4, 0.5) is 0 Å². The van der Waals surface area contributed by atoms with Gasteiger partial charge in [0.1, 0.15) is 0 Å². The van der Waals surface area contributed by atoms with Gasteiger partial charge < -0.3 is 4.52 Å². The van der Waals surface area contributed by atoms with Gasteiger partial charge in [0.25, 0.3) is 0 Å². The topological polar surface area (TPSA) is 26.0 Å². The molecule has 0 bridgehead atoms. The van der Waals surface area contributed by atoms with Crippen molar-refractivity contribution in [3.05, 3.63) is 29.5 Å². The van der Waals surface area contributed by atoms with Gasteiger partial charge >= 0.3 is 0 Å². The lowest BCUT2D eigenvalue weighted by Crippen LogP contribution is -2.10. The lowest BCUT2D eigenvalue weighted by Gasteiger charge is -2.18. The van der Waals surface area contributed by atoms with E-state index >= 15 is 0 Å². The van der Waals surface area contributed by atoms with E-state index in [-0.39, 0.29) is 5.41 Å². The van der Waals surface area contributed by atoms with Gasteiger partial charge in [-0.15, -0.1) is 0 Å². The third-order valence-electron chi connectivity index (χ3n) is 2.75. The summed E-state index contributed by atoms with van der Waals surface area (Å²) in [6, 6.07) is 6.38. The monoisotopic (exact) mass is 203 g/mol. The lowest BCUT2D eigenvalue weighted by molar-refractivity contribution is 0.446. The van der Waals surface area contributed by atoms with Crippen molar-refractivity contribution in [3.63, 3.8) is 0 Å². The molecular formula is C13H17NO. The van der Waals surface area contributed by atoms with Crippen molar-refractivity contribution in [3.8, 4) is 0 Å². The molecule has 2 rings (SSSR count). The van der Waals surface area contributed by atoms with E-state index in [2.05, 4.69) is 51.1 Å². The smallest absolute Gasteiger partial charge is 0.167 e. The van der Waals surface area contributed by atoms with Crippen LogP contribution in [-0.4, -0.2) is 5.16 Å². The summed E-state index contributed by atoms with van der Waals surface area (Å²) in [7, 11) is 0. The molecule has 0 radical (unpaired) electrons. The van der Waals surface area contributed by atoms with Gasteiger partial charge in [0.2, 0.25) is 0 Å². The molecule has 0 N–H and O–H groups in total. The van der Waals surface area contributed by atoms with Crippen LogP contribution in [0.3, 0.4) is 0 Å². The maximum Gasteiger partial charge on any atom is 0.167 e. The second-order valence-electron chi connectivity index (χ2n) is 4.94. The quantitative estimate of drug-likeness (QED) is 0.706. The molecule has 80 valence electrons. The summed E-state index contributed by atoms with van der Waals surface area (Å²) < 4.78 is 5.33. The van der Waals surface area contributed by atoms with Crippen LogP contribution in [0.15, 0.2) is 22.7 Å². The Kier molecular flexibility index (Phi) is 2.29. The predicted octanol–water partition coefficient (Wildman–Crippen LogP) is 3.69. The van der Waals surface area contributed by atoms with Crippen LogP contribution >= 0.6 is 0 Å². The van der Waals surface area contributed by atoms with Gasteiger partial charge in [-0.1, -0.05) is 38.9 Å². The largest absolute Gasteiger partial charge is 0.356 e. The number of hydrogen-bond donors (Lipinski definition) is 0. The fraction of sp³-hybridized carbons (Fsp3) is 0.462. The number of aryl methyl sites for hydroxylation is 1. The molecule has 0 spiro atoms. The lowest BCUT2D eigenvalue weighted by atomic mass is 9.86. The highest BCUT2D eigenvalue weighted by Gasteiger charge is 2.15. The average molecular weight is 203 g/mol. The van der Waals surface area contributed by atoms with Crippen molar-refractivity contribution in [1.29, 1.82) is 0 Å². The van der Waals surface area contributed by atoms with Gasteiger partial charge in [-0.2, -0.15) is 0 Å². The van der Waals surface area contributed by atoms with E-state index in [1.807, 2.05) is 0 Å². The Bertz CT molecular complexity index is 477.